The molecular weight excluding hydrogens is 971 g/mol. The predicted octanol–water partition coefficient (Wildman–Crippen LogP) is 19.5. The van der Waals surface area contributed by atoms with Gasteiger partial charge < -0.3 is 33.3 Å². The number of carboxylic acids is 1. The molecule has 2 unspecified atom stereocenters. The van der Waals surface area contributed by atoms with Crippen molar-refractivity contribution in [2.24, 2.45) is 0 Å². The number of allylic oxidation sites excluding steroid dienone is 2. The molecule has 9 heteroatoms. The van der Waals surface area contributed by atoms with E-state index < -0.39 is 24.3 Å². The van der Waals surface area contributed by atoms with Crippen LogP contribution in [0, 0.1) is 0 Å². The first-order valence-corrected chi connectivity index (χ1v) is 34.3. The Labute approximate surface area is 485 Å². The van der Waals surface area contributed by atoms with E-state index in [0.717, 1.165) is 38.5 Å². The van der Waals surface area contributed by atoms with Gasteiger partial charge in [0.2, 0.25) is 0 Å². The zero-order valence-electron chi connectivity index (χ0n) is 52.8. The van der Waals surface area contributed by atoms with Crippen LogP contribution in [-0.2, 0) is 33.3 Å². The maximum atomic E-state index is 12.9. The van der Waals surface area contributed by atoms with E-state index >= 15 is 0 Å². The minimum atomic E-state index is -1.62. The van der Waals surface area contributed by atoms with Crippen molar-refractivity contribution < 1.29 is 42.9 Å². The summed E-state index contributed by atoms with van der Waals surface area (Å²) in [6, 6.07) is 0. The summed E-state index contributed by atoms with van der Waals surface area (Å²) >= 11 is 0. The molecule has 0 bridgehead atoms. The van der Waals surface area contributed by atoms with Crippen LogP contribution in [0.2, 0.25) is 0 Å². The molecule has 462 valence electrons. The van der Waals surface area contributed by atoms with Crippen LogP contribution in [0.4, 0.5) is 0 Å². The molecule has 0 rings (SSSR count). The summed E-state index contributed by atoms with van der Waals surface area (Å²) in [4.78, 5) is 37.4. The number of quaternary nitrogens is 1. The van der Waals surface area contributed by atoms with Gasteiger partial charge in [0.05, 0.1) is 40.3 Å². The molecule has 0 aromatic rings. The number of aliphatic carboxylic acids is 1. The molecule has 9 nitrogen and oxygen atoms in total. The lowest BCUT2D eigenvalue weighted by molar-refractivity contribution is -0.870. The van der Waals surface area contributed by atoms with Crippen LogP contribution in [0.25, 0.3) is 0 Å². The molecule has 0 saturated carbocycles. The number of esters is 2. The third-order valence-electron chi connectivity index (χ3n) is 15.8. The van der Waals surface area contributed by atoms with Gasteiger partial charge in [0, 0.05) is 12.8 Å². The first-order chi connectivity index (χ1) is 38.1. The van der Waals surface area contributed by atoms with Crippen LogP contribution < -0.4 is 5.11 Å². The fraction of sp³-hybridized carbons (Fsp3) is 0.928. The summed E-state index contributed by atoms with van der Waals surface area (Å²) in [7, 11) is 5.94. The maximum Gasteiger partial charge on any atom is 0.306 e. The van der Waals surface area contributed by atoms with E-state index in [1.54, 1.807) is 0 Å². The van der Waals surface area contributed by atoms with E-state index in [9.17, 15) is 19.5 Å². The molecule has 0 heterocycles. The molecular formula is C69H133NO8. The summed E-state index contributed by atoms with van der Waals surface area (Å²) in [5, 5.41) is 11.8. The molecule has 0 aromatic carbocycles. The van der Waals surface area contributed by atoms with Gasteiger partial charge in [0.25, 0.3) is 0 Å². The van der Waals surface area contributed by atoms with Gasteiger partial charge in [-0.3, -0.25) is 9.59 Å². The number of hydrogen-bond donors (Lipinski definition) is 0. The lowest BCUT2D eigenvalue weighted by Crippen LogP contribution is -2.44. The van der Waals surface area contributed by atoms with Gasteiger partial charge in [-0.2, -0.15) is 0 Å². The zero-order valence-corrected chi connectivity index (χ0v) is 52.8. The van der Waals surface area contributed by atoms with E-state index in [-0.39, 0.29) is 32.2 Å². The number of carbonyl (C=O) groups excluding carboxylic acids is 3. The van der Waals surface area contributed by atoms with Gasteiger partial charge in [-0.25, -0.2) is 0 Å². The van der Waals surface area contributed by atoms with E-state index in [1.165, 1.54) is 289 Å². The molecule has 0 saturated heterocycles. The van der Waals surface area contributed by atoms with Crippen molar-refractivity contribution in [2.75, 3.05) is 47.5 Å². The summed E-state index contributed by atoms with van der Waals surface area (Å²) in [6.45, 7) is 4.82. The molecule has 0 aliphatic rings. The predicted molar refractivity (Wildman–Crippen MR) is 330 cm³/mol. The van der Waals surface area contributed by atoms with Gasteiger partial charge in [-0.05, 0) is 38.5 Å². The molecule has 0 radical (unpaired) electrons. The molecule has 0 fully saturated rings. The Morgan fingerprint density at radius 2 is 0.654 bits per heavy atom. The smallest absolute Gasteiger partial charge is 0.306 e. The highest BCUT2D eigenvalue weighted by Crippen LogP contribution is 2.19. The van der Waals surface area contributed by atoms with Gasteiger partial charge >= 0.3 is 11.9 Å². The average Bonchev–Trinajstić information content (AvgIpc) is 3.41. The molecule has 0 aromatic heterocycles. The molecule has 0 aliphatic heterocycles. The van der Waals surface area contributed by atoms with E-state index in [4.69, 9.17) is 18.9 Å². The highest BCUT2D eigenvalue weighted by molar-refractivity contribution is 5.70. The van der Waals surface area contributed by atoms with Crippen molar-refractivity contribution in [1.82, 2.24) is 0 Å². The highest BCUT2D eigenvalue weighted by atomic mass is 16.7. The van der Waals surface area contributed by atoms with Crippen LogP contribution in [-0.4, -0.2) is 82.3 Å². The third-order valence-corrected chi connectivity index (χ3v) is 15.8. The Hall–Kier alpha value is -1.97. The third kappa shape index (κ3) is 61.6. The Morgan fingerprint density at radius 1 is 0.372 bits per heavy atom. The van der Waals surface area contributed by atoms with Gasteiger partial charge in [-0.1, -0.05) is 315 Å². The highest BCUT2D eigenvalue weighted by Gasteiger charge is 2.22. The van der Waals surface area contributed by atoms with Crippen molar-refractivity contribution in [1.29, 1.82) is 0 Å². The van der Waals surface area contributed by atoms with Gasteiger partial charge in [0.15, 0.2) is 12.4 Å². The van der Waals surface area contributed by atoms with Gasteiger partial charge in [0.1, 0.15) is 13.2 Å². The van der Waals surface area contributed by atoms with E-state index in [2.05, 4.69) is 26.0 Å². The Bertz CT molecular complexity index is 1280. The minimum absolute atomic E-state index is 0.152. The molecule has 2 atom stereocenters. The van der Waals surface area contributed by atoms with E-state index in [0.29, 0.717) is 17.4 Å². The topological polar surface area (TPSA) is 111 Å². The van der Waals surface area contributed by atoms with Crippen molar-refractivity contribution in [3.8, 4) is 0 Å². The monoisotopic (exact) mass is 1100 g/mol. The summed E-state index contributed by atoms with van der Waals surface area (Å²) in [6.07, 6.45) is 70.1. The number of ether oxygens (including phenoxy) is 4. The lowest BCUT2D eigenvalue weighted by atomic mass is 10.0. The van der Waals surface area contributed by atoms with E-state index in [1.807, 2.05) is 21.1 Å². The summed E-state index contributed by atoms with van der Waals surface area (Å²) in [5.41, 5.74) is 0. The summed E-state index contributed by atoms with van der Waals surface area (Å²) in [5.74, 6) is -2.25. The number of rotatable bonds is 65. The van der Waals surface area contributed by atoms with Crippen LogP contribution in [0.3, 0.4) is 0 Å². The second-order valence-corrected chi connectivity index (χ2v) is 24.8. The number of hydrogen-bond acceptors (Lipinski definition) is 8. The second kappa shape index (κ2) is 61.1. The van der Waals surface area contributed by atoms with Crippen molar-refractivity contribution in [3.05, 3.63) is 12.2 Å². The van der Waals surface area contributed by atoms with Crippen molar-refractivity contribution in [3.63, 3.8) is 0 Å². The number of likely N-dealkylation sites (N-methyl/N-ethyl adjacent to an activating group) is 1. The van der Waals surface area contributed by atoms with Crippen LogP contribution >= 0.6 is 0 Å². The number of carbonyl (C=O) groups is 3. The van der Waals surface area contributed by atoms with Crippen molar-refractivity contribution in [2.45, 2.75) is 367 Å². The number of nitrogens with zero attached hydrogens (tertiary/aromatic N) is 1. The first kappa shape index (κ1) is 76.0. The van der Waals surface area contributed by atoms with Crippen LogP contribution in [0.15, 0.2) is 12.2 Å². The fourth-order valence-corrected chi connectivity index (χ4v) is 10.5. The maximum absolute atomic E-state index is 12.9. The molecule has 78 heavy (non-hydrogen) atoms. The Balaban J connectivity index is 4.06. The van der Waals surface area contributed by atoms with Crippen molar-refractivity contribution >= 4 is 17.9 Å². The largest absolute Gasteiger partial charge is 0.545 e. The SMILES string of the molecule is CCCCCCCCCC/C=C\CCCCCCCCCCCCCC(=O)OC(COC(=O)CCCCCCCCCCCCCCCCCCCCCCCCCCCCCCCC)COC(OCC[N+](C)(C)C)C(=O)[O-]. The fourth-order valence-electron chi connectivity index (χ4n) is 10.5. The molecule has 0 amide bonds. The van der Waals surface area contributed by atoms with Crippen LogP contribution in [0.5, 0.6) is 0 Å². The molecule has 0 spiro atoms. The average molecular weight is 1100 g/mol. The minimum Gasteiger partial charge on any atom is -0.545 e. The second-order valence-electron chi connectivity index (χ2n) is 24.8. The molecule has 0 N–H and O–H groups in total. The Morgan fingerprint density at radius 3 is 0.949 bits per heavy atom. The van der Waals surface area contributed by atoms with Gasteiger partial charge in [-0.15, -0.1) is 0 Å². The quantitative estimate of drug-likeness (QED) is 0.0195. The van der Waals surface area contributed by atoms with Crippen LogP contribution in [0.1, 0.15) is 354 Å². The normalized spacial score (nSPS) is 12.7. The zero-order chi connectivity index (χ0) is 56.9. The standard InChI is InChI=1S/C69H133NO8/c1-6-8-10-12-14-16-18-20-22-24-26-28-30-31-32-33-34-35-36-38-39-41-43-45-47-49-51-53-55-57-59-66(71)76-63-65(64-77-69(68(73)74)75-62-61-70(3,4)5)78-67(72)60-58-56-54-52-50-48-46-44-42-40-37-29-27-25-23-21-19-17-15-13-11-9-7-2/h25,27,65,69H,6-24,26,28-64H2,1-5H3/b27-25-. The molecule has 0 aliphatic carbocycles. The lowest BCUT2D eigenvalue weighted by Gasteiger charge is -2.26. The number of carboxylic acid groups (broad SMARTS) is 1. The first-order valence-electron chi connectivity index (χ1n) is 34.3. The summed E-state index contributed by atoms with van der Waals surface area (Å²) < 4.78 is 22.8. The number of unbranched alkanes of at least 4 members (excludes halogenated alkanes) is 48. The Kier molecular flexibility index (Phi) is 59.6.